The monoisotopic (exact) mass is 477 g/mol. The first-order chi connectivity index (χ1) is 14.8. The summed E-state index contributed by atoms with van der Waals surface area (Å²) in [6, 6.07) is 3.85. The second-order valence-electron chi connectivity index (χ2n) is 6.77. The minimum atomic E-state index is -5.09. The summed E-state index contributed by atoms with van der Waals surface area (Å²) in [5, 5.41) is -1.02. The Kier molecular flexibility index (Phi) is 4.77. The number of pyridine rings is 2. The molecule has 7 nitrogen and oxygen atoms in total. The predicted molar refractivity (Wildman–Crippen MR) is 100 cm³/mol. The Hall–Kier alpha value is -3.16. The van der Waals surface area contributed by atoms with Crippen molar-refractivity contribution in [2.75, 3.05) is 5.75 Å². The number of hydrogen-bond donors (Lipinski definition) is 0. The zero-order valence-corrected chi connectivity index (χ0v) is 17.1. The van der Waals surface area contributed by atoms with Gasteiger partial charge < -0.3 is 0 Å². The van der Waals surface area contributed by atoms with E-state index in [9.17, 15) is 34.8 Å². The van der Waals surface area contributed by atoms with Crippen LogP contribution in [0.3, 0.4) is 0 Å². The highest BCUT2D eigenvalue weighted by molar-refractivity contribution is 7.91. The minimum Gasteiger partial charge on any atom is -0.278 e. The molecular weight excluding hydrogens is 464 g/mol. The van der Waals surface area contributed by atoms with Crippen LogP contribution in [-0.2, 0) is 22.3 Å². The maximum absolute atomic E-state index is 14.0. The van der Waals surface area contributed by atoms with Gasteiger partial charge in [-0.05, 0) is 25.1 Å². The molecule has 0 aliphatic carbocycles. The van der Waals surface area contributed by atoms with Gasteiger partial charge in [-0.1, -0.05) is 13.0 Å². The molecule has 0 aromatic carbocycles. The first kappa shape index (κ1) is 22.0. The number of aryl methyl sites for hydroxylation is 1. The summed E-state index contributed by atoms with van der Waals surface area (Å²) in [5.74, 6) is -1.63. The van der Waals surface area contributed by atoms with E-state index < -0.39 is 61.5 Å². The summed E-state index contributed by atoms with van der Waals surface area (Å²) in [6.07, 6.45) is -8.88. The standard InChI is InChI=1S/C18H13F6N5O2S/c1-3-32(30,31)16-13(27-12-6-4-5-11(28(12)16)17(19,20)21)15-26-10-7-8-25-9(2)14(10)29(15)18(22,23)24/h4-8H,3H2,1-2H3. The molecule has 0 saturated carbocycles. The lowest BCUT2D eigenvalue weighted by molar-refractivity contribution is -0.199. The van der Waals surface area contributed by atoms with Gasteiger partial charge in [-0.15, -0.1) is 13.2 Å². The summed E-state index contributed by atoms with van der Waals surface area (Å²) >= 11 is 0. The smallest absolute Gasteiger partial charge is 0.278 e. The van der Waals surface area contributed by atoms with Crippen molar-refractivity contribution in [2.45, 2.75) is 31.3 Å². The van der Waals surface area contributed by atoms with Gasteiger partial charge in [0.05, 0.1) is 22.5 Å². The van der Waals surface area contributed by atoms with Gasteiger partial charge in [0.15, 0.2) is 20.7 Å². The lowest BCUT2D eigenvalue weighted by Crippen LogP contribution is -2.20. The molecule has 4 rings (SSSR count). The van der Waals surface area contributed by atoms with Crippen molar-refractivity contribution >= 4 is 26.5 Å². The highest BCUT2D eigenvalue weighted by Crippen LogP contribution is 2.39. The Balaban J connectivity index is 2.25. The quantitative estimate of drug-likeness (QED) is 0.410. The molecule has 32 heavy (non-hydrogen) atoms. The summed E-state index contributed by atoms with van der Waals surface area (Å²) in [4.78, 5) is 11.5. The van der Waals surface area contributed by atoms with E-state index >= 15 is 0 Å². The molecule has 0 saturated heterocycles. The van der Waals surface area contributed by atoms with Crippen LogP contribution in [0.25, 0.3) is 28.2 Å². The lowest BCUT2D eigenvalue weighted by Gasteiger charge is -2.14. The van der Waals surface area contributed by atoms with E-state index in [4.69, 9.17) is 0 Å². The number of sulfone groups is 1. The van der Waals surface area contributed by atoms with Crippen molar-refractivity contribution in [3.63, 3.8) is 0 Å². The number of fused-ring (bicyclic) bond motifs is 2. The fraction of sp³-hybridized carbons (Fsp3) is 0.278. The second kappa shape index (κ2) is 6.92. The fourth-order valence-corrected chi connectivity index (χ4v) is 4.62. The molecule has 4 heterocycles. The molecule has 0 bridgehead atoms. The molecule has 0 unspecified atom stereocenters. The third-order valence-electron chi connectivity index (χ3n) is 4.78. The zero-order chi connectivity index (χ0) is 23.6. The maximum Gasteiger partial charge on any atom is 0.490 e. The van der Waals surface area contributed by atoms with Gasteiger partial charge in [-0.2, -0.15) is 13.2 Å². The van der Waals surface area contributed by atoms with Crippen molar-refractivity contribution in [1.82, 2.24) is 23.9 Å². The lowest BCUT2D eigenvalue weighted by atomic mass is 10.3. The van der Waals surface area contributed by atoms with Crippen LogP contribution < -0.4 is 0 Å². The molecule has 14 heteroatoms. The number of alkyl halides is 6. The molecule has 0 fully saturated rings. The zero-order valence-electron chi connectivity index (χ0n) is 16.3. The highest BCUT2D eigenvalue weighted by Gasteiger charge is 2.41. The second-order valence-corrected chi connectivity index (χ2v) is 8.97. The Bertz CT molecular complexity index is 1470. The normalized spacial score (nSPS) is 13.4. The van der Waals surface area contributed by atoms with Gasteiger partial charge in [0.25, 0.3) is 0 Å². The summed E-state index contributed by atoms with van der Waals surface area (Å²) in [6.45, 7) is 2.46. The molecule has 0 amide bonds. The minimum absolute atomic E-state index is 0.0572. The third-order valence-corrected chi connectivity index (χ3v) is 6.50. The van der Waals surface area contributed by atoms with E-state index in [0.29, 0.717) is 10.5 Å². The fourth-order valence-electron chi connectivity index (χ4n) is 3.44. The largest absolute Gasteiger partial charge is 0.490 e. The Morgan fingerprint density at radius 1 is 1.03 bits per heavy atom. The van der Waals surface area contributed by atoms with E-state index in [2.05, 4.69) is 15.0 Å². The average molecular weight is 477 g/mol. The summed E-state index contributed by atoms with van der Waals surface area (Å²) in [5.41, 5.74) is -3.40. The van der Waals surface area contributed by atoms with E-state index in [-0.39, 0.29) is 15.8 Å². The van der Waals surface area contributed by atoms with Crippen LogP contribution in [0.2, 0.25) is 0 Å². The highest BCUT2D eigenvalue weighted by atomic mass is 32.2. The first-order valence-corrected chi connectivity index (χ1v) is 10.7. The molecule has 0 N–H and O–H groups in total. The van der Waals surface area contributed by atoms with Crippen LogP contribution in [0, 0.1) is 6.92 Å². The number of imidazole rings is 2. The molecule has 0 spiro atoms. The van der Waals surface area contributed by atoms with Crippen molar-refractivity contribution in [2.24, 2.45) is 0 Å². The molecule has 0 aliphatic rings. The van der Waals surface area contributed by atoms with Gasteiger partial charge in [-0.25, -0.2) is 23.0 Å². The van der Waals surface area contributed by atoms with Crippen LogP contribution in [0.4, 0.5) is 26.3 Å². The van der Waals surface area contributed by atoms with Gasteiger partial charge in [-0.3, -0.25) is 9.38 Å². The number of nitrogens with zero attached hydrogens (tertiary/aromatic N) is 5. The topological polar surface area (TPSA) is 82.1 Å². The Morgan fingerprint density at radius 3 is 2.31 bits per heavy atom. The van der Waals surface area contributed by atoms with E-state index in [0.717, 1.165) is 19.1 Å². The molecular formula is C18H13F6N5O2S. The number of aromatic nitrogens is 5. The molecule has 0 atom stereocenters. The predicted octanol–water partition coefficient (Wildman–Crippen LogP) is 4.34. The van der Waals surface area contributed by atoms with Gasteiger partial charge in [0.2, 0.25) is 0 Å². The van der Waals surface area contributed by atoms with Crippen molar-refractivity contribution in [3.8, 4) is 11.5 Å². The number of hydrogen-bond acceptors (Lipinski definition) is 5. The molecule has 170 valence electrons. The van der Waals surface area contributed by atoms with Crippen LogP contribution in [-0.4, -0.2) is 38.1 Å². The van der Waals surface area contributed by atoms with Gasteiger partial charge >= 0.3 is 12.5 Å². The third kappa shape index (κ3) is 3.29. The average Bonchev–Trinajstić information content (AvgIpc) is 3.26. The Morgan fingerprint density at radius 2 is 1.72 bits per heavy atom. The molecule has 0 aliphatic heterocycles. The van der Waals surface area contributed by atoms with Gasteiger partial charge in [0.1, 0.15) is 17.0 Å². The number of halogens is 6. The molecule has 0 radical (unpaired) electrons. The van der Waals surface area contributed by atoms with Gasteiger partial charge in [0, 0.05) is 6.20 Å². The van der Waals surface area contributed by atoms with Crippen LogP contribution in [0.15, 0.2) is 35.5 Å². The summed E-state index contributed by atoms with van der Waals surface area (Å²) < 4.78 is 109. The first-order valence-electron chi connectivity index (χ1n) is 9.00. The van der Waals surface area contributed by atoms with Crippen LogP contribution in [0.1, 0.15) is 18.3 Å². The van der Waals surface area contributed by atoms with E-state index in [1.807, 2.05) is 0 Å². The number of rotatable bonds is 3. The van der Waals surface area contributed by atoms with E-state index in [1.165, 1.54) is 19.2 Å². The Labute approximate surface area is 176 Å². The van der Waals surface area contributed by atoms with Crippen molar-refractivity contribution in [1.29, 1.82) is 0 Å². The maximum atomic E-state index is 14.0. The molecule has 4 aromatic rings. The molecule has 4 aromatic heterocycles. The van der Waals surface area contributed by atoms with Crippen molar-refractivity contribution in [3.05, 3.63) is 41.9 Å². The van der Waals surface area contributed by atoms with Crippen LogP contribution in [0.5, 0.6) is 0 Å². The van der Waals surface area contributed by atoms with E-state index in [1.54, 1.807) is 0 Å². The van der Waals surface area contributed by atoms with Crippen LogP contribution >= 0.6 is 0 Å². The SMILES string of the molecule is CCS(=O)(=O)c1c(-c2nc3ccnc(C)c3n2C(F)(F)F)nc2cccc(C(F)(F)F)n12. The summed E-state index contributed by atoms with van der Waals surface area (Å²) in [7, 11) is -4.49. The van der Waals surface area contributed by atoms with Crippen molar-refractivity contribution < 1.29 is 34.8 Å².